The SMILES string of the molecule is O=C(NC(CO)Cc1ccncc1)c1cc2c(cn1)OCCC2. The van der Waals surface area contributed by atoms with E-state index in [1.54, 1.807) is 24.7 Å². The molecule has 0 fully saturated rings. The Morgan fingerprint density at radius 1 is 1.39 bits per heavy atom. The number of ether oxygens (including phenoxy) is 1. The molecule has 1 unspecified atom stereocenters. The van der Waals surface area contributed by atoms with Crippen molar-refractivity contribution in [3.63, 3.8) is 0 Å². The Hall–Kier alpha value is -2.47. The lowest BCUT2D eigenvalue weighted by molar-refractivity contribution is 0.0911. The van der Waals surface area contributed by atoms with E-state index >= 15 is 0 Å². The highest BCUT2D eigenvalue weighted by Gasteiger charge is 2.18. The van der Waals surface area contributed by atoms with Crippen molar-refractivity contribution in [3.05, 3.63) is 53.6 Å². The zero-order chi connectivity index (χ0) is 16.1. The van der Waals surface area contributed by atoms with Crippen LogP contribution in [0.3, 0.4) is 0 Å². The summed E-state index contributed by atoms with van der Waals surface area (Å²) in [5.41, 5.74) is 2.36. The number of aryl methyl sites for hydroxylation is 1. The number of carbonyl (C=O) groups is 1. The van der Waals surface area contributed by atoms with Gasteiger partial charge in [-0.1, -0.05) is 0 Å². The highest BCUT2D eigenvalue weighted by Crippen LogP contribution is 2.23. The van der Waals surface area contributed by atoms with Crippen LogP contribution in [0.5, 0.6) is 5.75 Å². The molecule has 3 rings (SSSR count). The Balaban J connectivity index is 1.67. The van der Waals surface area contributed by atoms with Gasteiger partial charge in [0.25, 0.3) is 5.91 Å². The molecule has 6 heteroatoms. The smallest absolute Gasteiger partial charge is 0.270 e. The van der Waals surface area contributed by atoms with Crippen molar-refractivity contribution in [3.8, 4) is 5.75 Å². The number of nitrogens with zero attached hydrogens (tertiary/aromatic N) is 2. The van der Waals surface area contributed by atoms with E-state index in [0.29, 0.717) is 18.7 Å². The molecule has 1 aliphatic heterocycles. The number of hydrogen-bond donors (Lipinski definition) is 2. The molecule has 0 spiro atoms. The van der Waals surface area contributed by atoms with Gasteiger partial charge in [-0.2, -0.15) is 0 Å². The van der Waals surface area contributed by atoms with Crippen LogP contribution in [0.1, 0.15) is 28.0 Å². The first-order valence-electron chi connectivity index (χ1n) is 7.68. The van der Waals surface area contributed by atoms with Crippen LogP contribution in [0, 0.1) is 0 Å². The predicted octanol–water partition coefficient (Wildman–Crippen LogP) is 1.13. The van der Waals surface area contributed by atoms with Crippen LogP contribution in [0.15, 0.2) is 36.8 Å². The third kappa shape index (κ3) is 3.84. The molecule has 6 nitrogen and oxygen atoms in total. The molecule has 23 heavy (non-hydrogen) atoms. The second kappa shape index (κ2) is 7.19. The second-order valence-corrected chi connectivity index (χ2v) is 5.54. The van der Waals surface area contributed by atoms with Crippen molar-refractivity contribution in [2.24, 2.45) is 0 Å². The first-order valence-corrected chi connectivity index (χ1v) is 7.68. The van der Waals surface area contributed by atoms with Gasteiger partial charge in [-0.15, -0.1) is 0 Å². The number of aliphatic hydroxyl groups is 1. The van der Waals surface area contributed by atoms with Crippen LogP contribution >= 0.6 is 0 Å². The van der Waals surface area contributed by atoms with Crippen molar-refractivity contribution in [1.29, 1.82) is 0 Å². The molecule has 0 aliphatic carbocycles. The highest BCUT2D eigenvalue weighted by molar-refractivity contribution is 5.92. The van der Waals surface area contributed by atoms with E-state index in [4.69, 9.17) is 4.74 Å². The summed E-state index contributed by atoms with van der Waals surface area (Å²) >= 11 is 0. The monoisotopic (exact) mass is 313 g/mol. The molecule has 0 saturated carbocycles. The van der Waals surface area contributed by atoms with Crippen molar-refractivity contribution in [2.75, 3.05) is 13.2 Å². The average molecular weight is 313 g/mol. The summed E-state index contributed by atoms with van der Waals surface area (Å²) in [5, 5.41) is 12.3. The van der Waals surface area contributed by atoms with Crippen LogP contribution < -0.4 is 10.1 Å². The van der Waals surface area contributed by atoms with Gasteiger partial charge in [-0.3, -0.25) is 9.78 Å². The third-order valence-corrected chi connectivity index (χ3v) is 3.82. The predicted molar refractivity (Wildman–Crippen MR) is 84.3 cm³/mol. The minimum Gasteiger partial charge on any atom is -0.492 e. The molecule has 2 N–H and O–H groups in total. The third-order valence-electron chi connectivity index (χ3n) is 3.82. The minimum atomic E-state index is -0.362. The van der Waals surface area contributed by atoms with Gasteiger partial charge < -0.3 is 15.2 Å². The van der Waals surface area contributed by atoms with E-state index in [1.165, 1.54) is 0 Å². The van der Waals surface area contributed by atoms with Gasteiger partial charge in [0.05, 0.1) is 25.5 Å². The number of rotatable bonds is 5. The zero-order valence-corrected chi connectivity index (χ0v) is 12.7. The zero-order valence-electron chi connectivity index (χ0n) is 12.7. The first kappa shape index (κ1) is 15.4. The van der Waals surface area contributed by atoms with Crippen molar-refractivity contribution < 1.29 is 14.6 Å². The molecule has 1 aliphatic rings. The standard InChI is InChI=1S/C17H19N3O3/c21-11-14(8-12-3-5-18-6-4-12)20-17(22)15-9-13-2-1-7-23-16(13)10-19-15/h3-6,9-10,14,21H,1-2,7-8,11H2,(H,20,22). The molecule has 3 heterocycles. The van der Waals surface area contributed by atoms with Gasteiger partial charge in [0.15, 0.2) is 0 Å². The molecule has 0 saturated heterocycles. The fraction of sp³-hybridized carbons (Fsp3) is 0.353. The normalized spacial score (nSPS) is 14.5. The fourth-order valence-corrected chi connectivity index (χ4v) is 2.60. The van der Waals surface area contributed by atoms with Gasteiger partial charge >= 0.3 is 0 Å². The largest absolute Gasteiger partial charge is 0.492 e. The van der Waals surface area contributed by atoms with Gasteiger partial charge in [0.1, 0.15) is 11.4 Å². The number of amides is 1. The Morgan fingerprint density at radius 2 is 2.22 bits per heavy atom. The quantitative estimate of drug-likeness (QED) is 0.864. The summed E-state index contributed by atoms with van der Waals surface area (Å²) in [6.45, 7) is 0.556. The number of aliphatic hydroxyl groups excluding tert-OH is 1. The van der Waals surface area contributed by atoms with E-state index < -0.39 is 0 Å². The lowest BCUT2D eigenvalue weighted by Crippen LogP contribution is -2.39. The van der Waals surface area contributed by atoms with Crippen LogP contribution in [0.2, 0.25) is 0 Å². The van der Waals surface area contributed by atoms with Crippen LogP contribution in [0.4, 0.5) is 0 Å². The van der Waals surface area contributed by atoms with Crippen LogP contribution in [-0.4, -0.2) is 40.2 Å². The maximum Gasteiger partial charge on any atom is 0.270 e. The molecule has 1 amide bonds. The minimum absolute atomic E-state index is 0.137. The number of hydrogen-bond acceptors (Lipinski definition) is 5. The van der Waals surface area contributed by atoms with Gasteiger partial charge in [-0.25, -0.2) is 4.98 Å². The molecule has 2 aromatic heterocycles. The summed E-state index contributed by atoms with van der Waals surface area (Å²) in [6.07, 6.45) is 7.35. The van der Waals surface area contributed by atoms with Gasteiger partial charge in [0.2, 0.25) is 0 Å². The number of pyridine rings is 2. The van der Waals surface area contributed by atoms with Crippen molar-refractivity contribution in [1.82, 2.24) is 15.3 Å². The summed E-state index contributed by atoms with van der Waals surface area (Å²) in [6, 6.07) is 5.14. The summed E-state index contributed by atoms with van der Waals surface area (Å²) in [4.78, 5) is 20.5. The number of aromatic nitrogens is 2. The molecule has 2 aromatic rings. The molecule has 1 atom stereocenters. The molecule has 120 valence electrons. The number of carbonyl (C=O) groups excluding carboxylic acids is 1. The lowest BCUT2D eigenvalue weighted by Gasteiger charge is -2.19. The van der Waals surface area contributed by atoms with Crippen LogP contribution in [0.25, 0.3) is 0 Å². The average Bonchev–Trinajstić information content (AvgIpc) is 2.61. The number of fused-ring (bicyclic) bond motifs is 1. The number of nitrogens with one attached hydrogen (secondary N) is 1. The van der Waals surface area contributed by atoms with Gasteiger partial charge in [0, 0.05) is 12.4 Å². The fourth-order valence-electron chi connectivity index (χ4n) is 2.60. The molecule has 0 bridgehead atoms. The topological polar surface area (TPSA) is 84.3 Å². The van der Waals surface area contributed by atoms with Crippen molar-refractivity contribution >= 4 is 5.91 Å². The molecule has 0 radical (unpaired) electrons. The Labute approximate surface area is 134 Å². The summed E-state index contributed by atoms with van der Waals surface area (Å²) < 4.78 is 5.50. The van der Waals surface area contributed by atoms with E-state index in [1.807, 2.05) is 12.1 Å². The molecule has 0 aromatic carbocycles. The van der Waals surface area contributed by atoms with E-state index in [9.17, 15) is 9.90 Å². The van der Waals surface area contributed by atoms with Crippen LogP contribution in [-0.2, 0) is 12.8 Å². The summed E-state index contributed by atoms with van der Waals surface area (Å²) in [5.74, 6) is 0.467. The highest BCUT2D eigenvalue weighted by atomic mass is 16.5. The molecular weight excluding hydrogens is 294 g/mol. The first-order chi connectivity index (χ1) is 11.3. The van der Waals surface area contributed by atoms with E-state index in [-0.39, 0.29) is 18.6 Å². The van der Waals surface area contributed by atoms with E-state index in [2.05, 4.69) is 15.3 Å². The second-order valence-electron chi connectivity index (χ2n) is 5.54. The molecular formula is C17H19N3O3. The Morgan fingerprint density at radius 3 is 3.00 bits per heavy atom. The Kier molecular flexibility index (Phi) is 4.83. The van der Waals surface area contributed by atoms with E-state index in [0.717, 1.165) is 29.7 Å². The van der Waals surface area contributed by atoms with Crippen molar-refractivity contribution in [2.45, 2.75) is 25.3 Å². The maximum absolute atomic E-state index is 12.4. The maximum atomic E-state index is 12.4. The van der Waals surface area contributed by atoms with Gasteiger partial charge in [-0.05, 0) is 48.6 Å². The summed E-state index contributed by atoms with van der Waals surface area (Å²) in [7, 11) is 0. The lowest BCUT2D eigenvalue weighted by atomic mass is 10.1. The Bertz CT molecular complexity index is 676.